The molecule has 1 unspecified atom stereocenters. The third kappa shape index (κ3) is 3.19. The average Bonchev–Trinajstić information content (AvgIpc) is 2.47. The second-order valence-electron chi connectivity index (χ2n) is 5.41. The van der Waals surface area contributed by atoms with Crippen LogP contribution in [0.4, 0.5) is 10.2 Å². The van der Waals surface area contributed by atoms with E-state index in [0.29, 0.717) is 12.4 Å². The number of rotatable bonds is 2. The maximum Gasteiger partial charge on any atom is 0.132 e. The molecule has 0 amide bonds. The van der Waals surface area contributed by atoms with E-state index in [-0.39, 0.29) is 11.9 Å². The fraction of sp³-hybridized carbons (Fsp3) is 0.375. The zero-order valence-corrected chi connectivity index (χ0v) is 12.0. The van der Waals surface area contributed by atoms with Crippen molar-refractivity contribution in [1.29, 1.82) is 0 Å². The lowest BCUT2D eigenvalue weighted by atomic mass is 10.1. The molecule has 1 aromatic carbocycles. The molecule has 2 heterocycles. The number of hydrogen-bond acceptors (Lipinski definition) is 4. The summed E-state index contributed by atoms with van der Waals surface area (Å²) in [4.78, 5) is 11.0. The van der Waals surface area contributed by atoms with Crippen LogP contribution in [0.2, 0.25) is 0 Å². The molecule has 110 valence electrons. The number of aromatic nitrogens is 2. The molecule has 1 atom stereocenters. The Kier molecular flexibility index (Phi) is 3.84. The van der Waals surface area contributed by atoms with Gasteiger partial charge in [0.2, 0.25) is 0 Å². The van der Waals surface area contributed by atoms with Gasteiger partial charge in [-0.05, 0) is 44.0 Å². The van der Waals surface area contributed by atoms with Crippen LogP contribution in [-0.2, 0) is 0 Å². The Morgan fingerprint density at radius 3 is 2.71 bits per heavy atom. The molecule has 5 heteroatoms. The number of nitrogens with zero attached hydrogens (tertiary/aromatic N) is 3. The quantitative estimate of drug-likeness (QED) is 0.922. The van der Waals surface area contributed by atoms with E-state index in [2.05, 4.69) is 14.9 Å². The average molecular weight is 287 g/mol. The van der Waals surface area contributed by atoms with Crippen LogP contribution >= 0.6 is 0 Å². The van der Waals surface area contributed by atoms with E-state index in [1.807, 2.05) is 13.0 Å². The third-order valence-corrected chi connectivity index (χ3v) is 3.68. The number of aliphatic hydroxyl groups excluding tert-OH is 1. The van der Waals surface area contributed by atoms with E-state index in [4.69, 9.17) is 0 Å². The Labute approximate surface area is 123 Å². The van der Waals surface area contributed by atoms with Crippen molar-refractivity contribution in [2.24, 2.45) is 0 Å². The van der Waals surface area contributed by atoms with Crippen LogP contribution in [0.5, 0.6) is 0 Å². The summed E-state index contributed by atoms with van der Waals surface area (Å²) in [5, 5.41) is 9.80. The van der Waals surface area contributed by atoms with Crippen LogP contribution in [0.3, 0.4) is 0 Å². The van der Waals surface area contributed by atoms with Gasteiger partial charge < -0.3 is 10.0 Å². The standard InChI is InChI=1S/C16H18FN3O/c1-11-18-15(12-4-6-13(17)7-5-12)9-16(19-11)20-8-2-3-14(21)10-20/h4-7,9,14,21H,2-3,8,10H2,1H3. The van der Waals surface area contributed by atoms with Crippen LogP contribution in [0, 0.1) is 12.7 Å². The van der Waals surface area contributed by atoms with Crippen molar-refractivity contribution >= 4 is 5.82 Å². The molecule has 0 saturated carbocycles. The van der Waals surface area contributed by atoms with Gasteiger partial charge in [-0.2, -0.15) is 0 Å². The Balaban J connectivity index is 1.94. The molecule has 1 fully saturated rings. The van der Waals surface area contributed by atoms with Crippen molar-refractivity contribution in [2.75, 3.05) is 18.0 Å². The SMILES string of the molecule is Cc1nc(-c2ccc(F)cc2)cc(N2CCCC(O)C2)n1. The second-order valence-corrected chi connectivity index (χ2v) is 5.41. The first-order chi connectivity index (χ1) is 10.1. The number of aryl methyl sites for hydroxylation is 1. The number of piperidine rings is 1. The minimum atomic E-state index is -0.303. The summed E-state index contributed by atoms with van der Waals surface area (Å²) < 4.78 is 13.0. The van der Waals surface area contributed by atoms with Crippen LogP contribution < -0.4 is 4.90 Å². The fourth-order valence-electron chi connectivity index (χ4n) is 2.65. The third-order valence-electron chi connectivity index (χ3n) is 3.68. The highest BCUT2D eigenvalue weighted by Crippen LogP contribution is 2.24. The van der Waals surface area contributed by atoms with E-state index in [1.165, 1.54) is 12.1 Å². The number of hydrogen-bond donors (Lipinski definition) is 1. The van der Waals surface area contributed by atoms with Gasteiger partial charge in [0.05, 0.1) is 11.8 Å². The first-order valence-corrected chi connectivity index (χ1v) is 7.16. The molecule has 0 spiro atoms. The van der Waals surface area contributed by atoms with Gasteiger partial charge in [0.15, 0.2) is 0 Å². The second kappa shape index (κ2) is 5.77. The largest absolute Gasteiger partial charge is 0.391 e. The lowest BCUT2D eigenvalue weighted by Gasteiger charge is -2.31. The van der Waals surface area contributed by atoms with Crippen molar-refractivity contribution in [3.05, 3.63) is 42.0 Å². The van der Waals surface area contributed by atoms with Crippen molar-refractivity contribution in [2.45, 2.75) is 25.9 Å². The Bertz CT molecular complexity index is 630. The molecule has 3 rings (SSSR count). The van der Waals surface area contributed by atoms with Gasteiger partial charge in [0.25, 0.3) is 0 Å². The van der Waals surface area contributed by atoms with E-state index in [9.17, 15) is 9.50 Å². The number of halogens is 1. The Hall–Kier alpha value is -2.01. The highest BCUT2D eigenvalue weighted by molar-refractivity contribution is 5.63. The predicted octanol–water partition coefficient (Wildman–Crippen LogP) is 2.55. The minimum absolute atomic E-state index is 0.260. The normalized spacial score (nSPS) is 18.8. The van der Waals surface area contributed by atoms with Gasteiger partial charge in [-0.25, -0.2) is 14.4 Å². The molecular formula is C16H18FN3O. The topological polar surface area (TPSA) is 49.2 Å². The van der Waals surface area contributed by atoms with Gasteiger partial charge in [-0.15, -0.1) is 0 Å². The van der Waals surface area contributed by atoms with E-state index in [1.54, 1.807) is 12.1 Å². The summed E-state index contributed by atoms with van der Waals surface area (Å²) in [5.41, 5.74) is 1.64. The van der Waals surface area contributed by atoms with Crippen molar-refractivity contribution in [3.63, 3.8) is 0 Å². The minimum Gasteiger partial charge on any atom is -0.391 e. The molecule has 1 aliphatic heterocycles. The molecular weight excluding hydrogens is 269 g/mol. The first kappa shape index (κ1) is 13.9. The van der Waals surface area contributed by atoms with E-state index in [0.717, 1.165) is 36.5 Å². The number of β-amino-alcohol motifs (C(OH)–C–C–N with tert-alkyl or cyclic N) is 1. The van der Waals surface area contributed by atoms with Gasteiger partial charge in [-0.1, -0.05) is 0 Å². The van der Waals surface area contributed by atoms with E-state index < -0.39 is 0 Å². The molecule has 1 saturated heterocycles. The monoisotopic (exact) mass is 287 g/mol. The van der Waals surface area contributed by atoms with E-state index >= 15 is 0 Å². The molecule has 2 aromatic rings. The van der Waals surface area contributed by atoms with Crippen molar-refractivity contribution < 1.29 is 9.50 Å². The lowest BCUT2D eigenvalue weighted by Crippen LogP contribution is -2.38. The number of aliphatic hydroxyl groups is 1. The zero-order chi connectivity index (χ0) is 14.8. The summed E-state index contributed by atoms with van der Waals surface area (Å²) in [6.07, 6.45) is 1.49. The van der Waals surface area contributed by atoms with Gasteiger partial charge in [-0.3, -0.25) is 0 Å². The highest BCUT2D eigenvalue weighted by atomic mass is 19.1. The molecule has 4 nitrogen and oxygen atoms in total. The summed E-state index contributed by atoms with van der Waals surface area (Å²) in [6, 6.07) is 8.18. The summed E-state index contributed by atoms with van der Waals surface area (Å²) in [7, 11) is 0. The summed E-state index contributed by atoms with van der Waals surface area (Å²) >= 11 is 0. The lowest BCUT2D eigenvalue weighted by molar-refractivity contribution is 0.154. The van der Waals surface area contributed by atoms with Crippen LogP contribution in [-0.4, -0.2) is 34.3 Å². The van der Waals surface area contributed by atoms with Crippen molar-refractivity contribution in [1.82, 2.24) is 9.97 Å². The molecule has 0 radical (unpaired) electrons. The zero-order valence-electron chi connectivity index (χ0n) is 12.0. The molecule has 1 aliphatic rings. The van der Waals surface area contributed by atoms with Crippen molar-refractivity contribution in [3.8, 4) is 11.3 Å². The fourth-order valence-corrected chi connectivity index (χ4v) is 2.65. The number of anilines is 1. The highest BCUT2D eigenvalue weighted by Gasteiger charge is 2.19. The Morgan fingerprint density at radius 2 is 2.00 bits per heavy atom. The summed E-state index contributed by atoms with van der Waals surface area (Å²) in [5.74, 6) is 1.23. The molecule has 1 N–H and O–H groups in total. The first-order valence-electron chi connectivity index (χ1n) is 7.16. The Morgan fingerprint density at radius 1 is 1.24 bits per heavy atom. The maximum atomic E-state index is 13.0. The van der Waals surface area contributed by atoms with Gasteiger partial charge in [0, 0.05) is 24.7 Å². The summed E-state index contributed by atoms with van der Waals surface area (Å²) in [6.45, 7) is 3.33. The number of benzene rings is 1. The maximum absolute atomic E-state index is 13.0. The molecule has 0 bridgehead atoms. The van der Waals surface area contributed by atoms with Crippen LogP contribution in [0.25, 0.3) is 11.3 Å². The van der Waals surface area contributed by atoms with Gasteiger partial charge >= 0.3 is 0 Å². The molecule has 0 aliphatic carbocycles. The molecule has 1 aromatic heterocycles. The predicted molar refractivity (Wildman–Crippen MR) is 79.6 cm³/mol. The smallest absolute Gasteiger partial charge is 0.132 e. The van der Waals surface area contributed by atoms with Gasteiger partial charge in [0.1, 0.15) is 17.5 Å². The molecule has 21 heavy (non-hydrogen) atoms. The van der Waals surface area contributed by atoms with Crippen LogP contribution in [0.15, 0.2) is 30.3 Å². The van der Waals surface area contributed by atoms with Crippen LogP contribution in [0.1, 0.15) is 18.7 Å².